The Labute approximate surface area is 55.1 Å². The van der Waals surface area contributed by atoms with Crippen LogP contribution in [-0.2, 0) is 4.79 Å². The summed E-state index contributed by atoms with van der Waals surface area (Å²) in [5.41, 5.74) is 0. The Kier molecular flexibility index (Phi) is 1.89. The van der Waals surface area contributed by atoms with E-state index in [1.807, 2.05) is 13.3 Å². The third kappa shape index (κ3) is 1.32. The average Bonchev–Trinajstić information content (AvgIpc) is 1.89. The lowest BCUT2D eigenvalue weighted by atomic mass is 9.60. The third-order valence-corrected chi connectivity index (χ3v) is 1.54. The summed E-state index contributed by atoms with van der Waals surface area (Å²) < 4.78 is 0. The molecule has 0 aromatic heterocycles. The van der Waals surface area contributed by atoms with Gasteiger partial charge in [-0.3, -0.25) is 4.79 Å². The SMILES string of the molecule is N#CC1C[B]CCC1=O. The van der Waals surface area contributed by atoms with Gasteiger partial charge in [-0.05, 0) is 0 Å². The molecule has 1 saturated heterocycles. The second-order valence-corrected chi connectivity index (χ2v) is 2.21. The number of nitriles is 1. The maximum absolute atomic E-state index is 10.8. The molecule has 1 fully saturated rings. The smallest absolute Gasteiger partial charge is 0.148 e. The highest BCUT2D eigenvalue weighted by molar-refractivity contribution is 6.38. The Morgan fingerprint density at radius 2 is 2.56 bits per heavy atom. The molecule has 0 saturated carbocycles. The van der Waals surface area contributed by atoms with E-state index in [-0.39, 0.29) is 11.7 Å². The van der Waals surface area contributed by atoms with Gasteiger partial charge in [-0.1, -0.05) is 12.6 Å². The molecule has 1 rings (SSSR count). The fourth-order valence-electron chi connectivity index (χ4n) is 0.959. The van der Waals surface area contributed by atoms with Crippen molar-refractivity contribution in [2.24, 2.45) is 5.92 Å². The van der Waals surface area contributed by atoms with Crippen LogP contribution in [0.5, 0.6) is 0 Å². The van der Waals surface area contributed by atoms with Gasteiger partial charge in [0.25, 0.3) is 0 Å². The molecule has 3 heteroatoms. The minimum atomic E-state index is -0.334. The van der Waals surface area contributed by atoms with Crippen molar-refractivity contribution in [2.75, 3.05) is 0 Å². The van der Waals surface area contributed by atoms with Gasteiger partial charge in [-0.25, -0.2) is 0 Å². The fourth-order valence-corrected chi connectivity index (χ4v) is 0.959. The van der Waals surface area contributed by atoms with Crippen LogP contribution in [-0.4, -0.2) is 13.1 Å². The zero-order chi connectivity index (χ0) is 6.69. The van der Waals surface area contributed by atoms with E-state index in [1.54, 1.807) is 0 Å². The molecule has 0 spiro atoms. The first kappa shape index (κ1) is 6.35. The predicted molar refractivity (Wildman–Crippen MR) is 34.1 cm³/mol. The number of carbonyl (C=O) groups excluding carboxylic acids is 1. The number of rotatable bonds is 0. The molecule has 1 radical (unpaired) electrons. The van der Waals surface area contributed by atoms with Gasteiger partial charge in [-0.2, -0.15) is 5.26 Å². The first-order valence-corrected chi connectivity index (χ1v) is 3.08. The van der Waals surface area contributed by atoms with E-state index in [1.165, 1.54) is 0 Å². The van der Waals surface area contributed by atoms with E-state index in [4.69, 9.17) is 5.26 Å². The summed E-state index contributed by atoms with van der Waals surface area (Å²) in [6.45, 7) is 0. The van der Waals surface area contributed by atoms with E-state index in [0.29, 0.717) is 12.7 Å². The standard InChI is InChI=1S/C6H7BNO/c8-4-5-3-7-2-1-6(5)9/h5H,1-3H2. The van der Waals surface area contributed by atoms with Crippen molar-refractivity contribution in [3.63, 3.8) is 0 Å². The van der Waals surface area contributed by atoms with Crippen LogP contribution in [0.3, 0.4) is 0 Å². The van der Waals surface area contributed by atoms with Crippen LogP contribution >= 0.6 is 0 Å². The van der Waals surface area contributed by atoms with Crippen molar-refractivity contribution in [1.29, 1.82) is 5.26 Å². The monoisotopic (exact) mass is 120 g/mol. The normalized spacial score (nSPS) is 26.6. The zero-order valence-corrected chi connectivity index (χ0v) is 5.13. The Morgan fingerprint density at radius 3 is 3.00 bits per heavy atom. The van der Waals surface area contributed by atoms with Crippen molar-refractivity contribution in [2.45, 2.75) is 19.1 Å². The topological polar surface area (TPSA) is 40.9 Å². The molecule has 1 heterocycles. The van der Waals surface area contributed by atoms with Crippen LogP contribution in [0.4, 0.5) is 0 Å². The van der Waals surface area contributed by atoms with Crippen LogP contribution in [0.25, 0.3) is 0 Å². The molecule has 1 unspecified atom stereocenters. The van der Waals surface area contributed by atoms with E-state index in [0.717, 1.165) is 6.32 Å². The van der Waals surface area contributed by atoms with E-state index in [2.05, 4.69) is 0 Å². The van der Waals surface area contributed by atoms with Gasteiger partial charge < -0.3 is 0 Å². The summed E-state index contributed by atoms with van der Waals surface area (Å²) in [4.78, 5) is 10.8. The number of carbonyl (C=O) groups is 1. The lowest BCUT2D eigenvalue weighted by Gasteiger charge is -2.11. The highest BCUT2D eigenvalue weighted by Crippen LogP contribution is 2.15. The molecular formula is C6H7BNO. The summed E-state index contributed by atoms with van der Waals surface area (Å²) in [7, 11) is 2.01. The third-order valence-electron chi connectivity index (χ3n) is 1.54. The number of hydrogen-bond acceptors (Lipinski definition) is 2. The largest absolute Gasteiger partial charge is 0.298 e. The lowest BCUT2D eigenvalue weighted by molar-refractivity contribution is -0.120. The Bertz CT molecular complexity index is 161. The molecule has 1 atom stereocenters. The molecule has 2 nitrogen and oxygen atoms in total. The second kappa shape index (κ2) is 2.68. The molecule has 1 aliphatic heterocycles. The van der Waals surface area contributed by atoms with Crippen LogP contribution in [0.1, 0.15) is 6.42 Å². The fraction of sp³-hybridized carbons (Fsp3) is 0.667. The molecule has 9 heavy (non-hydrogen) atoms. The zero-order valence-electron chi connectivity index (χ0n) is 5.13. The van der Waals surface area contributed by atoms with Crippen LogP contribution in [0.15, 0.2) is 0 Å². The average molecular weight is 120 g/mol. The molecule has 0 bridgehead atoms. The van der Waals surface area contributed by atoms with Gasteiger partial charge in [-0.15, -0.1) is 0 Å². The first-order valence-electron chi connectivity index (χ1n) is 3.08. The van der Waals surface area contributed by atoms with Crippen LogP contribution in [0.2, 0.25) is 12.6 Å². The van der Waals surface area contributed by atoms with E-state index < -0.39 is 0 Å². The second-order valence-electron chi connectivity index (χ2n) is 2.21. The minimum Gasteiger partial charge on any atom is -0.298 e. The summed E-state index contributed by atoms with van der Waals surface area (Å²) in [5.74, 6) is -0.223. The molecule has 0 aromatic carbocycles. The summed E-state index contributed by atoms with van der Waals surface area (Å²) in [6, 6.07) is 1.97. The Morgan fingerprint density at radius 1 is 1.78 bits per heavy atom. The van der Waals surface area contributed by atoms with Crippen molar-refractivity contribution in [1.82, 2.24) is 0 Å². The molecular weight excluding hydrogens is 113 g/mol. The van der Waals surface area contributed by atoms with E-state index >= 15 is 0 Å². The van der Waals surface area contributed by atoms with Crippen LogP contribution < -0.4 is 0 Å². The molecule has 45 valence electrons. The maximum atomic E-state index is 10.8. The number of nitrogens with zero attached hydrogens (tertiary/aromatic N) is 1. The summed E-state index contributed by atoms with van der Waals surface area (Å²) in [5, 5.41) is 8.37. The predicted octanol–water partition coefficient (Wildman–Crippen LogP) is 0.640. The van der Waals surface area contributed by atoms with Crippen molar-refractivity contribution >= 4 is 13.1 Å². The first-order chi connectivity index (χ1) is 4.34. The highest BCUT2D eigenvalue weighted by atomic mass is 16.1. The maximum Gasteiger partial charge on any atom is 0.148 e. The molecule has 0 N–H and O–H groups in total. The molecule has 0 aliphatic carbocycles. The molecule has 0 aromatic rings. The van der Waals surface area contributed by atoms with Gasteiger partial charge in [0.15, 0.2) is 0 Å². The summed E-state index contributed by atoms with van der Waals surface area (Å²) in [6.07, 6.45) is 2.09. The molecule has 0 amide bonds. The van der Waals surface area contributed by atoms with Crippen LogP contribution in [0, 0.1) is 17.2 Å². The number of Topliss-reactive ketones (excluding diaryl/α,β-unsaturated/α-hetero) is 1. The number of ketones is 1. The van der Waals surface area contributed by atoms with Gasteiger partial charge in [0.05, 0.1) is 12.0 Å². The Hall–Kier alpha value is -0.775. The van der Waals surface area contributed by atoms with Gasteiger partial charge in [0.2, 0.25) is 0 Å². The van der Waals surface area contributed by atoms with Gasteiger partial charge >= 0.3 is 0 Å². The van der Waals surface area contributed by atoms with Gasteiger partial charge in [0, 0.05) is 6.42 Å². The Balaban J connectivity index is 2.51. The number of hydrogen-bond donors (Lipinski definition) is 0. The highest BCUT2D eigenvalue weighted by Gasteiger charge is 2.21. The summed E-state index contributed by atoms with van der Waals surface area (Å²) >= 11 is 0. The van der Waals surface area contributed by atoms with Crippen molar-refractivity contribution in [3.8, 4) is 6.07 Å². The lowest BCUT2D eigenvalue weighted by Crippen LogP contribution is -2.19. The van der Waals surface area contributed by atoms with Crippen molar-refractivity contribution in [3.05, 3.63) is 0 Å². The minimum absolute atomic E-state index is 0.111. The molecule has 1 aliphatic rings. The van der Waals surface area contributed by atoms with Crippen molar-refractivity contribution < 1.29 is 4.79 Å². The van der Waals surface area contributed by atoms with Gasteiger partial charge in [0.1, 0.15) is 13.1 Å². The van der Waals surface area contributed by atoms with E-state index in [9.17, 15) is 4.79 Å². The quantitative estimate of drug-likeness (QED) is 0.440.